The number of carbonyl (C=O) groups excluding carboxylic acids is 1. The molecule has 0 aromatic heterocycles. The first kappa shape index (κ1) is 9.75. The highest BCUT2D eigenvalue weighted by Gasteiger charge is 2.30. The molecule has 1 heterocycles. The minimum Gasteiger partial charge on any atom is -0.459 e. The number of carbonyl (C=O) groups is 1. The van der Waals surface area contributed by atoms with E-state index in [1.165, 1.54) is 32.1 Å². The summed E-state index contributed by atoms with van der Waals surface area (Å²) in [6, 6.07) is 0. The van der Waals surface area contributed by atoms with Crippen LogP contribution < -0.4 is 0 Å². The summed E-state index contributed by atoms with van der Waals surface area (Å²) in [5.41, 5.74) is 0.650. The van der Waals surface area contributed by atoms with E-state index in [1.54, 1.807) is 0 Å². The van der Waals surface area contributed by atoms with Crippen LogP contribution in [0.2, 0.25) is 0 Å². The third-order valence-corrected chi connectivity index (χ3v) is 3.45. The van der Waals surface area contributed by atoms with Crippen molar-refractivity contribution in [3.05, 3.63) is 12.2 Å². The molecular weight excluding hydrogens is 176 g/mol. The van der Waals surface area contributed by atoms with Crippen molar-refractivity contribution in [3.8, 4) is 0 Å². The Morgan fingerprint density at radius 1 is 1.14 bits per heavy atom. The summed E-state index contributed by atoms with van der Waals surface area (Å²) in [6.45, 7) is 3.70. The average Bonchev–Trinajstić information content (AvgIpc) is 2.23. The fraction of sp³-hybridized carbons (Fsp3) is 0.750. The van der Waals surface area contributed by atoms with Gasteiger partial charge in [-0.15, -0.1) is 0 Å². The molecule has 2 aliphatic rings. The molecule has 1 unspecified atom stereocenters. The van der Waals surface area contributed by atoms with E-state index in [2.05, 4.69) is 6.58 Å². The maximum Gasteiger partial charge on any atom is 0.333 e. The Balaban J connectivity index is 1.91. The zero-order valence-electron chi connectivity index (χ0n) is 8.63. The van der Waals surface area contributed by atoms with Gasteiger partial charge in [-0.25, -0.2) is 4.79 Å². The maximum atomic E-state index is 11.3. The molecule has 0 bridgehead atoms. The molecule has 78 valence electrons. The quantitative estimate of drug-likeness (QED) is 0.474. The number of hydrogen-bond acceptors (Lipinski definition) is 2. The van der Waals surface area contributed by atoms with Crippen molar-refractivity contribution in [3.63, 3.8) is 0 Å². The van der Waals surface area contributed by atoms with Gasteiger partial charge in [0.25, 0.3) is 0 Å². The van der Waals surface area contributed by atoms with Crippen LogP contribution in [0.1, 0.15) is 44.9 Å². The van der Waals surface area contributed by atoms with Crippen LogP contribution in [-0.4, -0.2) is 12.1 Å². The van der Waals surface area contributed by atoms with E-state index in [9.17, 15) is 4.79 Å². The highest BCUT2D eigenvalue weighted by molar-refractivity contribution is 5.88. The van der Waals surface area contributed by atoms with Gasteiger partial charge in [-0.3, -0.25) is 0 Å². The molecule has 1 saturated heterocycles. The van der Waals surface area contributed by atoms with Crippen LogP contribution >= 0.6 is 0 Å². The Bertz CT molecular complexity index is 239. The number of rotatable bonds is 1. The van der Waals surface area contributed by atoms with E-state index in [0.29, 0.717) is 11.5 Å². The molecule has 2 nitrogen and oxygen atoms in total. The number of cyclic esters (lactones) is 1. The summed E-state index contributed by atoms with van der Waals surface area (Å²) in [5, 5.41) is 0. The zero-order chi connectivity index (χ0) is 9.97. The van der Waals surface area contributed by atoms with E-state index < -0.39 is 0 Å². The van der Waals surface area contributed by atoms with Gasteiger partial charge in [-0.05, 0) is 31.6 Å². The highest BCUT2D eigenvalue weighted by Crippen LogP contribution is 2.33. The largest absolute Gasteiger partial charge is 0.459 e. The normalized spacial score (nSPS) is 30.1. The number of ether oxygens (including phenoxy) is 1. The topological polar surface area (TPSA) is 26.3 Å². The fourth-order valence-corrected chi connectivity index (χ4v) is 2.54. The zero-order valence-corrected chi connectivity index (χ0v) is 8.63. The Kier molecular flexibility index (Phi) is 2.90. The van der Waals surface area contributed by atoms with Crippen LogP contribution in [0.5, 0.6) is 0 Å². The van der Waals surface area contributed by atoms with E-state index >= 15 is 0 Å². The van der Waals surface area contributed by atoms with Crippen LogP contribution in [0.4, 0.5) is 0 Å². The van der Waals surface area contributed by atoms with Gasteiger partial charge >= 0.3 is 5.97 Å². The first-order valence-corrected chi connectivity index (χ1v) is 5.66. The number of hydrogen-bond donors (Lipinski definition) is 0. The van der Waals surface area contributed by atoms with Gasteiger partial charge < -0.3 is 4.74 Å². The molecule has 0 aromatic rings. The van der Waals surface area contributed by atoms with Gasteiger partial charge in [0.2, 0.25) is 0 Å². The molecule has 0 aromatic carbocycles. The SMILES string of the molecule is C=C1CCC(C2CCCCC2)OC1=O. The molecule has 2 rings (SSSR count). The van der Waals surface area contributed by atoms with Crippen molar-refractivity contribution in [2.24, 2.45) is 5.92 Å². The van der Waals surface area contributed by atoms with Crippen LogP contribution in [0, 0.1) is 5.92 Å². The van der Waals surface area contributed by atoms with E-state index in [4.69, 9.17) is 4.74 Å². The van der Waals surface area contributed by atoms with Crippen molar-refractivity contribution in [2.75, 3.05) is 0 Å². The van der Waals surface area contributed by atoms with E-state index in [1.807, 2.05) is 0 Å². The molecule has 1 aliphatic carbocycles. The fourth-order valence-electron chi connectivity index (χ4n) is 2.54. The summed E-state index contributed by atoms with van der Waals surface area (Å²) in [7, 11) is 0. The van der Waals surface area contributed by atoms with Gasteiger partial charge in [-0.2, -0.15) is 0 Å². The minimum atomic E-state index is -0.160. The molecule has 0 radical (unpaired) electrons. The lowest BCUT2D eigenvalue weighted by Gasteiger charge is -2.32. The van der Waals surface area contributed by atoms with Crippen LogP contribution in [0.3, 0.4) is 0 Å². The molecule has 0 amide bonds. The average molecular weight is 194 g/mol. The summed E-state index contributed by atoms with van der Waals surface area (Å²) < 4.78 is 5.40. The van der Waals surface area contributed by atoms with Gasteiger partial charge in [0.05, 0.1) is 0 Å². The van der Waals surface area contributed by atoms with Crippen molar-refractivity contribution >= 4 is 5.97 Å². The van der Waals surface area contributed by atoms with Crippen molar-refractivity contribution in [1.29, 1.82) is 0 Å². The smallest absolute Gasteiger partial charge is 0.333 e. The monoisotopic (exact) mass is 194 g/mol. The van der Waals surface area contributed by atoms with Crippen molar-refractivity contribution < 1.29 is 9.53 Å². The first-order chi connectivity index (χ1) is 6.77. The van der Waals surface area contributed by atoms with Crippen LogP contribution in [0.15, 0.2) is 12.2 Å². The van der Waals surface area contributed by atoms with Crippen LogP contribution in [-0.2, 0) is 9.53 Å². The van der Waals surface area contributed by atoms with Crippen LogP contribution in [0.25, 0.3) is 0 Å². The maximum absolute atomic E-state index is 11.3. The predicted octanol–water partition coefficient (Wildman–Crippen LogP) is 2.83. The minimum absolute atomic E-state index is 0.160. The second kappa shape index (κ2) is 4.16. The number of esters is 1. The Morgan fingerprint density at radius 3 is 2.50 bits per heavy atom. The third-order valence-electron chi connectivity index (χ3n) is 3.45. The highest BCUT2D eigenvalue weighted by atomic mass is 16.5. The Hall–Kier alpha value is -0.790. The lowest BCUT2D eigenvalue weighted by molar-refractivity contribution is -0.151. The van der Waals surface area contributed by atoms with E-state index in [-0.39, 0.29) is 12.1 Å². The predicted molar refractivity (Wildman–Crippen MR) is 54.8 cm³/mol. The molecule has 2 heteroatoms. The molecule has 2 fully saturated rings. The Labute approximate surface area is 85.3 Å². The lowest BCUT2D eigenvalue weighted by atomic mass is 9.82. The second-order valence-corrected chi connectivity index (χ2v) is 4.48. The molecule has 1 atom stereocenters. The van der Waals surface area contributed by atoms with Gasteiger partial charge in [0, 0.05) is 5.57 Å². The van der Waals surface area contributed by atoms with Crippen molar-refractivity contribution in [1.82, 2.24) is 0 Å². The molecule has 14 heavy (non-hydrogen) atoms. The summed E-state index contributed by atoms with van der Waals surface area (Å²) in [6.07, 6.45) is 8.46. The van der Waals surface area contributed by atoms with Gasteiger partial charge in [-0.1, -0.05) is 25.8 Å². The van der Waals surface area contributed by atoms with Crippen molar-refractivity contribution in [2.45, 2.75) is 51.0 Å². The van der Waals surface area contributed by atoms with E-state index in [0.717, 1.165) is 12.8 Å². The summed E-state index contributed by atoms with van der Waals surface area (Å²) >= 11 is 0. The lowest BCUT2D eigenvalue weighted by Crippen LogP contribution is -2.32. The second-order valence-electron chi connectivity index (χ2n) is 4.48. The molecule has 1 aliphatic heterocycles. The molecule has 0 spiro atoms. The first-order valence-electron chi connectivity index (χ1n) is 5.66. The van der Waals surface area contributed by atoms with Gasteiger partial charge in [0.15, 0.2) is 0 Å². The third kappa shape index (κ3) is 1.99. The summed E-state index contributed by atoms with van der Waals surface area (Å²) in [5.74, 6) is 0.465. The Morgan fingerprint density at radius 2 is 1.86 bits per heavy atom. The standard InChI is InChI=1S/C12H18O2/c1-9-7-8-11(14-12(9)13)10-5-3-2-4-6-10/h10-11H,1-8H2. The summed E-state index contributed by atoms with van der Waals surface area (Å²) in [4.78, 5) is 11.3. The molecule has 0 N–H and O–H groups in total. The molecular formula is C12H18O2. The van der Waals surface area contributed by atoms with Gasteiger partial charge in [0.1, 0.15) is 6.10 Å². The molecule has 1 saturated carbocycles.